The Labute approximate surface area is 165 Å². The molecule has 0 radical (unpaired) electrons. The van der Waals surface area contributed by atoms with Gasteiger partial charge in [0, 0.05) is 10.8 Å². The number of carbonyl (C=O) groups excluding carboxylic acids is 2. The average Bonchev–Trinajstić information content (AvgIpc) is 3.25. The van der Waals surface area contributed by atoms with Crippen LogP contribution in [0.5, 0.6) is 0 Å². The zero-order valence-corrected chi connectivity index (χ0v) is 15.5. The van der Waals surface area contributed by atoms with Crippen molar-refractivity contribution in [3.05, 3.63) is 54.1 Å². The molecule has 3 aliphatic rings. The van der Waals surface area contributed by atoms with E-state index in [0.29, 0.717) is 22.0 Å². The molecule has 144 valence electrons. The largest absolute Gasteiger partial charge is 0.481 e. The number of imide groups is 1. The number of carboxylic acid groups (broad SMARTS) is 1. The summed E-state index contributed by atoms with van der Waals surface area (Å²) in [5.41, 5.74) is -1.50. The van der Waals surface area contributed by atoms with Crippen molar-refractivity contribution in [3.63, 3.8) is 0 Å². The van der Waals surface area contributed by atoms with Gasteiger partial charge in [0.15, 0.2) is 0 Å². The van der Waals surface area contributed by atoms with Gasteiger partial charge < -0.3 is 9.84 Å². The topological polar surface area (TPSA) is 108 Å². The molecule has 2 fully saturated rings. The number of benzene rings is 2. The van der Waals surface area contributed by atoms with Gasteiger partial charge in [0.1, 0.15) is 5.60 Å². The lowest BCUT2D eigenvalue weighted by Crippen LogP contribution is -2.42. The van der Waals surface area contributed by atoms with Crippen LogP contribution in [0.15, 0.2) is 48.6 Å². The van der Waals surface area contributed by atoms with E-state index in [1.165, 1.54) is 0 Å². The third kappa shape index (κ3) is 2.12. The van der Waals surface area contributed by atoms with E-state index in [9.17, 15) is 24.8 Å². The third-order valence-electron chi connectivity index (χ3n) is 6.25. The van der Waals surface area contributed by atoms with E-state index in [1.807, 2.05) is 0 Å². The van der Waals surface area contributed by atoms with E-state index in [2.05, 4.69) is 6.07 Å². The van der Waals surface area contributed by atoms with Crippen LogP contribution in [0.25, 0.3) is 10.8 Å². The standard InChI is InChI=1S/C22H16N2O5/c1-21-8-9-22(29-21,10-16(25)26)18-17(21)19(27)24(20(18)28)15-7-6-12(11-23)13-4-2-3-5-14(13)15/h2-9,17-18H,10H2,1H3,(H,25,26)/t17-,18+,21-,22?/m1/s1. The molecule has 0 aliphatic carbocycles. The Morgan fingerprint density at radius 2 is 1.83 bits per heavy atom. The first-order valence-corrected chi connectivity index (χ1v) is 9.23. The summed E-state index contributed by atoms with van der Waals surface area (Å²) < 4.78 is 5.97. The minimum atomic E-state index is -1.32. The summed E-state index contributed by atoms with van der Waals surface area (Å²) in [6.45, 7) is 1.71. The van der Waals surface area contributed by atoms with E-state index < -0.39 is 40.8 Å². The number of carboxylic acids is 1. The molecule has 1 unspecified atom stereocenters. The van der Waals surface area contributed by atoms with Crippen molar-refractivity contribution < 1.29 is 24.2 Å². The molecule has 0 spiro atoms. The van der Waals surface area contributed by atoms with Crippen LogP contribution in [0.4, 0.5) is 5.69 Å². The monoisotopic (exact) mass is 388 g/mol. The Balaban J connectivity index is 1.67. The van der Waals surface area contributed by atoms with Crippen LogP contribution in [0, 0.1) is 23.2 Å². The number of amides is 2. The van der Waals surface area contributed by atoms with Crippen LogP contribution < -0.4 is 4.90 Å². The number of nitriles is 1. The van der Waals surface area contributed by atoms with Gasteiger partial charge in [0.05, 0.1) is 41.2 Å². The summed E-state index contributed by atoms with van der Waals surface area (Å²) in [5.74, 6) is -3.65. The molecule has 0 aromatic heterocycles. The smallest absolute Gasteiger partial charge is 0.306 e. The van der Waals surface area contributed by atoms with Gasteiger partial charge in [-0.1, -0.05) is 36.4 Å². The quantitative estimate of drug-likeness (QED) is 0.639. The Morgan fingerprint density at radius 1 is 1.14 bits per heavy atom. The van der Waals surface area contributed by atoms with Gasteiger partial charge >= 0.3 is 5.97 Å². The summed E-state index contributed by atoms with van der Waals surface area (Å²) in [6.07, 6.45) is 2.93. The van der Waals surface area contributed by atoms with Crippen molar-refractivity contribution in [1.82, 2.24) is 0 Å². The van der Waals surface area contributed by atoms with Crippen LogP contribution in [-0.4, -0.2) is 34.1 Å². The first-order valence-electron chi connectivity index (χ1n) is 9.23. The molecule has 1 N–H and O–H groups in total. The lowest BCUT2D eigenvalue weighted by atomic mass is 9.71. The summed E-state index contributed by atoms with van der Waals surface area (Å²) in [6, 6.07) is 12.4. The fraction of sp³-hybridized carbons (Fsp3) is 0.273. The first-order chi connectivity index (χ1) is 13.8. The predicted molar refractivity (Wildman–Crippen MR) is 102 cm³/mol. The number of hydrogen-bond acceptors (Lipinski definition) is 5. The lowest BCUT2D eigenvalue weighted by molar-refractivity contribution is -0.145. The zero-order chi connectivity index (χ0) is 20.6. The van der Waals surface area contributed by atoms with Gasteiger partial charge in [0.2, 0.25) is 11.8 Å². The number of anilines is 1. The van der Waals surface area contributed by atoms with Crippen molar-refractivity contribution in [3.8, 4) is 6.07 Å². The lowest BCUT2D eigenvalue weighted by Gasteiger charge is -2.28. The SMILES string of the molecule is C[C@]12C=CC(CC(=O)O)(O1)[C@@H]1C(=O)N(c3ccc(C#N)c4ccccc34)C(=O)[C@@H]12. The first kappa shape index (κ1) is 17.6. The minimum Gasteiger partial charge on any atom is -0.481 e. The molecule has 3 heterocycles. The van der Waals surface area contributed by atoms with Gasteiger partial charge in [-0.2, -0.15) is 5.26 Å². The Hall–Kier alpha value is -3.50. The second kappa shape index (κ2) is 5.52. The molecule has 2 saturated heterocycles. The van der Waals surface area contributed by atoms with Crippen LogP contribution in [0.1, 0.15) is 18.9 Å². The molecule has 0 saturated carbocycles. The van der Waals surface area contributed by atoms with Crippen LogP contribution >= 0.6 is 0 Å². The van der Waals surface area contributed by atoms with E-state index in [4.69, 9.17) is 4.74 Å². The number of rotatable bonds is 3. The zero-order valence-electron chi connectivity index (χ0n) is 15.5. The molecule has 2 aromatic carbocycles. The van der Waals surface area contributed by atoms with Crippen molar-refractivity contribution in [2.45, 2.75) is 24.5 Å². The number of fused-ring (bicyclic) bond motifs is 6. The summed E-state index contributed by atoms with van der Waals surface area (Å²) in [7, 11) is 0. The van der Waals surface area contributed by atoms with E-state index in [-0.39, 0.29) is 6.42 Å². The minimum absolute atomic E-state index is 0.388. The van der Waals surface area contributed by atoms with Crippen molar-refractivity contribution in [2.75, 3.05) is 4.90 Å². The van der Waals surface area contributed by atoms with Gasteiger partial charge in [-0.15, -0.1) is 0 Å². The molecule has 3 aliphatic heterocycles. The molecule has 2 bridgehead atoms. The van der Waals surface area contributed by atoms with E-state index in [0.717, 1.165) is 4.90 Å². The van der Waals surface area contributed by atoms with Crippen LogP contribution in [-0.2, 0) is 19.1 Å². The Kier molecular flexibility index (Phi) is 3.35. The van der Waals surface area contributed by atoms with Crippen molar-refractivity contribution >= 4 is 34.2 Å². The highest BCUT2D eigenvalue weighted by Gasteiger charge is 2.72. The van der Waals surface area contributed by atoms with Gasteiger partial charge in [-0.3, -0.25) is 14.4 Å². The highest BCUT2D eigenvalue weighted by molar-refractivity contribution is 6.26. The maximum absolute atomic E-state index is 13.4. The van der Waals surface area contributed by atoms with Gasteiger partial charge in [-0.25, -0.2) is 4.90 Å². The number of aliphatic carboxylic acids is 1. The van der Waals surface area contributed by atoms with Crippen LogP contribution in [0.3, 0.4) is 0 Å². The maximum Gasteiger partial charge on any atom is 0.306 e. The third-order valence-corrected chi connectivity index (χ3v) is 6.25. The van der Waals surface area contributed by atoms with Gasteiger partial charge in [0.25, 0.3) is 0 Å². The molecule has 4 atom stereocenters. The van der Waals surface area contributed by atoms with E-state index in [1.54, 1.807) is 55.5 Å². The second-order valence-corrected chi connectivity index (χ2v) is 7.90. The van der Waals surface area contributed by atoms with Crippen molar-refractivity contribution in [1.29, 1.82) is 5.26 Å². The molecular formula is C22H16N2O5. The number of carbonyl (C=O) groups is 3. The molecule has 5 rings (SSSR count). The fourth-order valence-electron chi connectivity index (χ4n) is 5.11. The fourth-order valence-corrected chi connectivity index (χ4v) is 5.11. The normalized spacial score (nSPS) is 32.1. The molecule has 2 amide bonds. The highest BCUT2D eigenvalue weighted by Crippen LogP contribution is 2.59. The van der Waals surface area contributed by atoms with Crippen molar-refractivity contribution in [2.24, 2.45) is 11.8 Å². The number of hydrogen-bond donors (Lipinski definition) is 1. The Morgan fingerprint density at radius 3 is 2.52 bits per heavy atom. The summed E-state index contributed by atoms with van der Waals surface area (Å²) in [5, 5.41) is 20.0. The number of ether oxygens (including phenoxy) is 1. The molecule has 7 nitrogen and oxygen atoms in total. The van der Waals surface area contributed by atoms with E-state index >= 15 is 0 Å². The molecule has 7 heteroatoms. The molecular weight excluding hydrogens is 372 g/mol. The number of nitrogens with zero attached hydrogens (tertiary/aromatic N) is 2. The average molecular weight is 388 g/mol. The van der Waals surface area contributed by atoms with Gasteiger partial charge in [-0.05, 0) is 19.1 Å². The molecule has 29 heavy (non-hydrogen) atoms. The summed E-state index contributed by atoms with van der Waals surface area (Å²) >= 11 is 0. The Bertz CT molecular complexity index is 1200. The highest BCUT2D eigenvalue weighted by atomic mass is 16.5. The maximum atomic E-state index is 13.4. The second-order valence-electron chi connectivity index (χ2n) is 7.90. The molecule has 2 aromatic rings. The summed E-state index contributed by atoms with van der Waals surface area (Å²) in [4.78, 5) is 39.4. The van der Waals surface area contributed by atoms with Crippen LogP contribution in [0.2, 0.25) is 0 Å². The predicted octanol–water partition coefficient (Wildman–Crippen LogP) is 2.39.